The number of allylic oxidation sites excluding steroid dienone is 1. The van der Waals surface area contributed by atoms with E-state index in [1.165, 1.54) is 7.11 Å². The smallest absolute Gasteiger partial charge is 0.328 e. The van der Waals surface area contributed by atoms with Crippen LogP contribution in [0.2, 0.25) is 0 Å². The third kappa shape index (κ3) is 6.95. The minimum Gasteiger partial charge on any atom is -0.467 e. The first-order valence-electron chi connectivity index (χ1n) is 6.77. The van der Waals surface area contributed by atoms with Crippen LogP contribution in [0.25, 0.3) is 0 Å². The standard InChI is InChI=1S/C16H20ClNO3/c1-12(17)7-6-10-15(19)18-14(16(20)21-2)11-13-8-4-3-5-9-13/h3-5,8-9,14H,1,6-7,10-11H2,2H3,(H,18,19)/t14-/m0/s1. The second-order valence-electron chi connectivity index (χ2n) is 4.70. The lowest BCUT2D eigenvalue weighted by Crippen LogP contribution is -2.43. The van der Waals surface area contributed by atoms with Gasteiger partial charge in [-0.1, -0.05) is 48.5 Å². The molecule has 0 spiro atoms. The largest absolute Gasteiger partial charge is 0.467 e. The van der Waals surface area contributed by atoms with Gasteiger partial charge in [-0.3, -0.25) is 4.79 Å². The van der Waals surface area contributed by atoms with E-state index in [1.807, 2.05) is 30.3 Å². The maximum absolute atomic E-state index is 11.9. The summed E-state index contributed by atoms with van der Waals surface area (Å²) in [6, 6.07) is 8.80. The number of ether oxygens (including phenoxy) is 1. The van der Waals surface area contributed by atoms with Crippen LogP contribution in [0.1, 0.15) is 24.8 Å². The number of esters is 1. The van der Waals surface area contributed by atoms with Gasteiger partial charge in [0.2, 0.25) is 5.91 Å². The number of nitrogens with one attached hydrogen (secondary N) is 1. The number of carbonyl (C=O) groups excluding carboxylic acids is 2. The van der Waals surface area contributed by atoms with Gasteiger partial charge in [-0.05, 0) is 18.4 Å². The lowest BCUT2D eigenvalue weighted by atomic mass is 10.1. The molecule has 1 atom stereocenters. The molecule has 0 aliphatic rings. The van der Waals surface area contributed by atoms with Gasteiger partial charge in [0.25, 0.3) is 0 Å². The van der Waals surface area contributed by atoms with Crippen molar-refractivity contribution in [1.29, 1.82) is 0 Å². The molecule has 114 valence electrons. The Bertz CT molecular complexity index is 488. The van der Waals surface area contributed by atoms with Crippen LogP contribution >= 0.6 is 11.6 Å². The summed E-state index contributed by atoms with van der Waals surface area (Å²) in [7, 11) is 1.31. The first-order chi connectivity index (χ1) is 10.0. The molecule has 1 aromatic carbocycles. The minimum absolute atomic E-state index is 0.195. The summed E-state index contributed by atoms with van der Waals surface area (Å²) in [5.74, 6) is -0.645. The zero-order valence-electron chi connectivity index (χ0n) is 12.1. The van der Waals surface area contributed by atoms with E-state index < -0.39 is 12.0 Å². The first-order valence-corrected chi connectivity index (χ1v) is 7.15. The van der Waals surface area contributed by atoms with Crippen LogP contribution in [0.3, 0.4) is 0 Å². The molecule has 1 amide bonds. The van der Waals surface area contributed by atoms with E-state index in [0.29, 0.717) is 30.7 Å². The predicted molar refractivity (Wildman–Crippen MR) is 82.9 cm³/mol. The Labute approximate surface area is 130 Å². The summed E-state index contributed by atoms with van der Waals surface area (Å²) in [5.41, 5.74) is 0.960. The van der Waals surface area contributed by atoms with Crippen molar-refractivity contribution in [2.24, 2.45) is 0 Å². The lowest BCUT2D eigenvalue weighted by Gasteiger charge is -2.16. The average Bonchev–Trinajstić information content (AvgIpc) is 2.46. The van der Waals surface area contributed by atoms with Crippen LogP contribution < -0.4 is 5.32 Å². The van der Waals surface area contributed by atoms with Gasteiger partial charge in [-0.2, -0.15) is 0 Å². The van der Waals surface area contributed by atoms with Crippen molar-refractivity contribution >= 4 is 23.5 Å². The Hall–Kier alpha value is -1.81. The number of carbonyl (C=O) groups is 2. The van der Waals surface area contributed by atoms with Gasteiger partial charge in [-0.25, -0.2) is 4.79 Å². The highest BCUT2D eigenvalue weighted by Crippen LogP contribution is 2.09. The van der Waals surface area contributed by atoms with Crippen molar-refractivity contribution in [2.75, 3.05) is 7.11 Å². The van der Waals surface area contributed by atoms with Crippen molar-refractivity contribution in [3.05, 3.63) is 47.5 Å². The molecule has 21 heavy (non-hydrogen) atoms. The molecule has 0 aliphatic carbocycles. The third-order valence-corrected chi connectivity index (χ3v) is 3.14. The molecular weight excluding hydrogens is 290 g/mol. The van der Waals surface area contributed by atoms with E-state index >= 15 is 0 Å². The van der Waals surface area contributed by atoms with E-state index in [9.17, 15) is 9.59 Å². The van der Waals surface area contributed by atoms with Crippen LogP contribution in [0.15, 0.2) is 41.9 Å². The van der Waals surface area contributed by atoms with E-state index in [0.717, 1.165) is 5.56 Å². The molecule has 0 unspecified atom stereocenters. The Balaban J connectivity index is 2.56. The van der Waals surface area contributed by atoms with E-state index in [4.69, 9.17) is 16.3 Å². The molecule has 0 saturated heterocycles. The minimum atomic E-state index is -0.677. The molecule has 0 saturated carbocycles. The number of hydrogen-bond acceptors (Lipinski definition) is 3. The monoisotopic (exact) mass is 309 g/mol. The van der Waals surface area contributed by atoms with Crippen LogP contribution in [0, 0.1) is 0 Å². The molecule has 0 aromatic heterocycles. The summed E-state index contributed by atoms with van der Waals surface area (Å²) in [4.78, 5) is 23.6. The van der Waals surface area contributed by atoms with Gasteiger partial charge >= 0.3 is 5.97 Å². The Kier molecular flexibility index (Phi) is 7.54. The summed E-state index contributed by atoms with van der Waals surface area (Å²) in [6.45, 7) is 3.57. The SMILES string of the molecule is C=C(Cl)CCCC(=O)N[C@@H](Cc1ccccc1)C(=O)OC. The second-order valence-corrected chi connectivity index (χ2v) is 5.24. The number of benzene rings is 1. The van der Waals surface area contributed by atoms with Crippen molar-refractivity contribution < 1.29 is 14.3 Å². The molecule has 0 heterocycles. The van der Waals surface area contributed by atoms with Crippen molar-refractivity contribution in [2.45, 2.75) is 31.7 Å². The van der Waals surface area contributed by atoms with Crippen molar-refractivity contribution in [1.82, 2.24) is 5.32 Å². The molecule has 4 nitrogen and oxygen atoms in total. The molecule has 5 heteroatoms. The zero-order chi connectivity index (χ0) is 15.7. The third-order valence-electron chi connectivity index (χ3n) is 2.96. The van der Waals surface area contributed by atoms with E-state index in [-0.39, 0.29) is 5.91 Å². The van der Waals surface area contributed by atoms with Gasteiger partial charge in [0.1, 0.15) is 6.04 Å². The highest BCUT2D eigenvalue weighted by molar-refractivity contribution is 6.29. The molecule has 0 bridgehead atoms. The topological polar surface area (TPSA) is 55.4 Å². The molecule has 1 rings (SSSR count). The number of amides is 1. The van der Waals surface area contributed by atoms with Gasteiger partial charge in [-0.15, -0.1) is 0 Å². The fourth-order valence-corrected chi connectivity index (χ4v) is 2.03. The number of hydrogen-bond donors (Lipinski definition) is 1. The fourth-order valence-electron chi connectivity index (χ4n) is 1.89. The number of rotatable bonds is 8. The summed E-state index contributed by atoms with van der Waals surface area (Å²) >= 11 is 5.65. The van der Waals surface area contributed by atoms with Gasteiger partial charge < -0.3 is 10.1 Å². The molecule has 1 aromatic rings. The quantitative estimate of drug-likeness (QED) is 0.751. The fraction of sp³-hybridized carbons (Fsp3) is 0.375. The van der Waals surface area contributed by atoms with Gasteiger partial charge in [0.05, 0.1) is 7.11 Å². The van der Waals surface area contributed by atoms with Crippen LogP contribution in [0.4, 0.5) is 0 Å². The highest BCUT2D eigenvalue weighted by atomic mass is 35.5. The maximum atomic E-state index is 11.9. The summed E-state index contributed by atoms with van der Waals surface area (Å²) in [5, 5.41) is 3.23. The number of halogens is 1. The lowest BCUT2D eigenvalue weighted by molar-refractivity contribution is -0.145. The van der Waals surface area contributed by atoms with Crippen molar-refractivity contribution in [3.8, 4) is 0 Å². The maximum Gasteiger partial charge on any atom is 0.328 e. The van der Waals surface area contributed by atoms with E-state index in [2.05, 4.69) is 11.9 Å². The highest BCUT2D eigenvalue weighted by Gasteiger charge is 2.21. The van der Waals surface area contributed by atoms with Crippen LogP contribution in [-0.2, 0) is 20.7 Å². The van der Waals surface area contributed by atoms with Gasteiger partial charge in [0, 0.05) is 17.9 Å². The average molecular weight is 310 g/mol. The normalized spacial score (nSPS) is 11.5. The first kappa shape index (κ1) is 17.2. The summed E-state index contributed by atoms with van der Waals surface area (Å²) < 4.78 is 4.74. The Morgan fingerprint density at radius 1 is 1.29 bits per heavy atom. The zero-order valence-corrected chi connectivity index (χ0v) is 12.9. The molecule has 1 N–H and O–H groups in total. The molecule has 0 aliphatic heterocycles. The van der Waals surface area contributed by atoms with Crippen molar-refractivity contribution in [3.63, 3.8) is 0 Å². The molecule has 0 radical (unpaired) electrons. The predicted octanol–water partition coefficient (Wildman–Crippen LogP) is 2.81. The molecular formula is C16H20ClNO3. The van der Waals surface area contributed by atoms with Crippen LogP contribution in [-0.4, -0.2) is 25.0 Å². The van der Waals surface area contributed by atoms with E-state index in [1.54, 1.807) is 0 Å². The van der Waals surface area contributed by atoms with Crippen LogP contribution in [0.5, 0.6) is 0 Å². The Morgan fingerprint density at radius 3 is 2.52 bits per heavy atom. The molecule has 0 fully saturated rings. The second kappa shape index (κ2) is 9.19. The summed E-state index contributed by atoms with van der Waals surface area (Å²) in [6.07, 6.45) is 1.89. The van der Waals surface area contributed by atoms with Gasteiger partial charge in [0.15, 0.2) is 0 Å². The Morgan fingerprint density at radius 2 is 1.95 bits per heavy atom. The number of methoxy groups -OCH3 is 1.